The van der Waals surface area contributed by atoms with Crippen LogP contribution in [0, 0.1) is 5.82 Å². The predicted molar refractivity (Wildman–Crippen MR) is 89.0 cm³/mol. The van der Waals surface area contributed by atoms with Crippen LogP contribution in [0.25, 0.3) is 11.4 Å². The zero-order valence-electron chi connectivity index (χ0n) is 14.2. The van der Waals surface area contributed by atoms with Crippen LogP contribution in [-0.2, 0) is 0 Å². The summed E-state index contributed by atoms with van der Waals surface area (Å²) in [6.07, 6.45) is 6.17. The van der Waals surface area contributed by atoms with Gasteiger partial charge in [-0.15, -0.1) is 0 Å². The Morgan fingerprint density at radius 1 is 1.39 bits per heavy atom. The molecule has 0 fully saturated rings. The van der Waals surface area contributed by atoms with Gasteiger partial charge in [-0.05, 0) is 58.2 Å². The number of halogens is 1. The lowest BCUT2D eigenvalue weighted by Gasteiger charge is -2.20. The van der Waals surface area contributed by atoms with Crippen molar-refractivity contribution < 1.29 is 14.2 Å². The predicted octanol–water partition coefficient (Wildman–Crippen LogP) is 4.20. The van der Waals surface area contributed by atoms with Crippen LogP contribution in [0.4, 0.5) is 4.39 Å². The van der Waals surface area contributed by atoms with Crippen molar-refractivity contribution in [2.75, 3.05) is 7.11 Å². The number of hydrogen-bond acceptors (Lipinski definition) is 3. The SMILES string of the molecule is COc1ccc(F)cc1-c1nccn1[C@@H](C)CCCC(C)(C)O. The fourth-order valence-electron chi connectivity index (χ4n) is 2.70. The standard InChI is InChI=1S/C18H25FN2O2/c1-13(6-5-9-18(2,3)22)21-11-10-20-17(21)15-12-14(19)7-8-16(15)23-4/h7-8,10-13,22H,5-6,9H2,1-4H3/t13-/m0/s1. The van der Waals surface area contributed by atoms with E-state index in [0.717, 1.165) is 19.3 Å². The molecule has 23 heavy (non-hydrogen) atoms. The molecule has 1 N–H and O–H groups in total. The number of benzene rings is 1. The van der Waals surface area contributed by atoms with Crippen LogP contribution in [0.5, 0.6) is 5.75 Å². The van der Waals surface area contributed by atoms with Gasteiger partial charge in [-0.1, -0.05) is 0 Å². The molecule has 1 atom stereocenters. The van der Waals surface area contributed by atoms with Gasteiger partial charge in [0.2, 0.25) is 0 Å². The second-order valence-electron chi connectivity index (χ2n) is 6.56. The maximum absolute atomic E-state index is 13.6. The summed E-state index contributed by atoms with van der Waals surface area (Å²) in [4.78, 5) is 4.38. The highest BCUT2D eigenvalue weighted by atomic mass is 19.1. The number of methoxy groups -OCH3 is 1. The van der Waals surface area contributed by atoms with Gasteiger partial charge in [-0.25, -0.2) is 9.37 Å². The van der Waals surface area contributed by atoms with Crippen LogP contribution >= 0.6 is 0 Å². The zero-order valence-corrected chi connectivity index (χ0v) is 14.2. The third kappa shape index (κ3) is 4.55. The van der Waals surface area contributed by atoms with E-state index in [1.54, 1.807) is 19.4 Å². The maximum atomic E-state index is 13.6. The first kappa shape index (κ1) is 17.5. The minimum atomic E-state index is -0.650. The van der Waals surface area contributed by atoms with Crippen molar-refractivity contribution in [1.82, 2.24) is 9.55 Å². The molecule has 0 saturated carbocycles. The highest BCUT2D eigenvalue weighted by molar-refractivity contribution is 5.64. The summed E-state index contributed by atoms with van der Waals surface area (Å²) in [5, 5.41) is 9.82. The number of aliphatic hydroxyl groups is 1. The van der Waals surface area contributed by atoms with Gasteiger partial charge >= 0.3 is 0 Å². The van der Waals surface area contributed by atoms with E-state index in [1.807, 2.05) is 24.6 Å². The first-order valence-corrected chi connectivity index (χ1v) is 7.91. The average molecular weight is 320 g/mol. The van der Waals surface area contributed by atoms with Gasteiger partial charge in [-0.3, -0.25) is 0 Å². The quantitative estimate of drug-likeness (QED) is 0.831. The van der Waals surface area contributed by atoms with E-state index < -0.39 is 5.60 Å². The lowest BCUT2D eigenvalue weighted by atomic mass is 9.99. The van der Waals surface area contributed by atoms with Crippen molar-refractivity contribution in [3.05, 3.63) is 36.4 Å². The topological polar surface area (TPSA) is 47.3 Å². The molecule has 0 aliphatic heterocycles. The van der Waals surface area contributed by atoms with Crippen molar-refractivity contribution in [3.63, 3.8) is 0 Å². The number of ether oxygens (including phenoxy) is 1. The summed E-state index contributed by atoms with van der Waals surface area (Å²) in [5.74, 6) is 0.977. The first-order valence-electron chi connectivity index (χ1n) is 7.91. The van der Waals surface area contributed by atoms with Gasteiger partial charge in [0, 0.05) is 18.4 Å². The zero-order chi connectivity index (χ0) is 17.0. The molecule has 0 amide bonds. The van der Waals surface area contributed by atoms with Crippen molar-refractivity contribution in [3.8, 4) is 17.1 Å². The van der Waals surface area contributed by atoms with Crippen molar-refractivity contribution in [2.45, 2.75) is 51.7 Å². The van der Waals surface area contributed by atoms with Gasteiger partial charge in [0.05, 0.1) is 18.3 Å². The third-order valence-corrected chi connectivity index (χ3v) is 3.96. The van der Waals surface area contributed by atoms with Crippen molar-refractivity contribution >= 4 is 0 Å². The van der Waals surface area contributed by atoms with Crippen LogP contribution in [0.1, 0.15) is 46.1 Å². The molecule has 126 valence electrons. The number of nitrogens with zero attached hydrogens (tertiary/aromatic N) is 2. The van der Waals surface area contributed by atoms with Crippen LogP contribution in [0.15, 0.2) is 30.6 Å². The van der Waals surface area contributed by atoms with Crippen molar-refractivity contribution in [2.24, 2.45) is 0 Å². The van der Waals surface area contributed by atoms with E-state index >= 15 is 0 Å². The van der Waals surface area contributed by atoms with Crippen LogP contribution in [-0.4, -0.2) is 27.4 Å². The second kappa shape index (κ2) is 7.13. The molecule has 4 nitrogen and oxygen atoms in total. The Bertz CT molecular complexity index is 647. The normalized spacial score (nSPS) is 13.1. The molecule has 5 heteroatoms. The molecule has 0 saturated heterocycles. The molecule has 0 unspecified atom stereocenters. The Kier molecular flexibility index (Phi) is 5.42. The molecule has 0 aliphatic rings. The van der Waals surface area contributed by atoms with Gasteiger partial charge in [0.25, 0.3) is 0 Å². The number of rotatable bonds is 7. The van der Waals surface area contributed by atoms with Crippen LogP contribution in [0.2, 0.25) is 0 Å². The van der Waals surface area contributed by atoms with Gasteiger partial charge in [0.15, 0.2) is 0 Å². The summed E-state index contributed by atoms with van der Waals surface area (Å²) in [7, 11) is 1.57. The lowest BCUT2D eigenvalue weighted by Crippen LogP contribution is -2.18. The smallest absolute Gasteiger partial charge is 0.143 e. The summed E-state index contributed by atoms with van der Waals surface area (Å²) in [6.45, 7) is 5.73. The number of aromatic nitrogens is 2. The van der Waals surface area contributed by atoms with E-state index in [0.29, 0.717) is 17.1 Å². The Balaban J connectivity index is 2.21. The maximum Gasteiger partial charge on any atom is 0.143 e. The number of imidazole rings is 1. The molecule has 2 aromatic rings. The molecule has 1 heterocycles. The minimum Gasteiger partial charge on any atom is -0.496 e. The van der Waals surface area contributed by atoms with E-state index in [2.05, 4.69) is 11.9 Å². The van der Waals surface area contributed by atoms with Gasteiger partial charge in [0.1, 0.15) is 17.4 Å². The Hall–Kier alpha value is -1.88. The molecular formula is C18H25FN2O2. The molecular weight excluding hydrogens is 295 g/mol. The molecule has 0 bridgehead atoms. The number of hydrogen-bond donors (Lipinski definition) is 1. The highest BCUT2D eigenvalue weighted by Gasteiger charge is 2.18. The van der Waals surface area contributed by atoms with E-state index in [1.165, 1.54) is 12.1 Å². The Morgan fingerprint density at radius 2 is 2.13 bits per heavy atom. The summed E-state index contributed by atoms with van der Waals surface area (Å²) >= 11 is 0. The van der Waals surface area contributed by atoms with Crippen LogP contribution < -0.4 is 4.74 Å². The minimum absolute atomic E-state index is 0.197. The molecule has 0 radical (unpaired) electrons. The van der Waals surface area contributed by atoms with Gasteiger partial charge < -0.3 is 14.4 Å². The van der Waals surface area contributed by atoms with Crippen LogP contribution in [0.3, 0.4) is 0 Å². The third-order valence-electron chi connectivity index (χ3n) is 3.96. The highest BCUT2D eigenvalue weighted by Crippen LogP contribution is 2.32. The summed E-state index contributed by atoms with van der Waals surface area (Å²) in [5.41, 5.74) is -0.00432. The monoisotopic (exact) mass is 320 g/mol. The first-order chi connectivity index (χ1) is 10.8. The second-order valence-corrected chi connectivity index (χ2v) is 6.56. The molecule has 0 spiro atoms. The Morgan fingerprint density at radius 3 is 2.78 bits per heavy atom. The molecule has 1 aromatic carbocycles. The molecule has 0 aliphatic carbocycles. The van der Waals surface area contributed by atoms with Crippen molar-refractivity contribution in [1.29, 1.82) is 0 Å². The lowest BCUT2D eigenvalue weighted by molar-refractivity contribution is 0.0672. The fraction of sp³-hybridized carbons (Fsp3) is 0.500. The van der Waals surface area contributed by atoms with E-state index in [4.69, 9.17) is 4.74 Å². The average Bonchev–Trinajstić information content (AvgIpc) is 2.95. The summed E-state index contributed by atoms with van der Waals surface area (Å²) < 4.78 is 21.0. The summed E-state index contributed by atoms with van der Waals surface area (Å²) in [6, 6.07) is 4.63. The van der Waals surface area contributed by atoms with Gasteiger partial charge in [-0.2, -0.15) is 0 Å². The van der Waals surface area contributed by atoms with E-state index in [-0.39, 0.29) is 11.9 Å². The van der Waals surface area contributed by atoms with E-state index in [9.17, 15) is 9.50 Å². The largest absolute Gasteiger partial charge is 0.496 e. The molecule has 2 rings (SSSR count). The molecule has 1 aromatic heterocycles. The Labute approximate surface area is 136 Å². The fourth-order valence-corrected chi connectivity index (χ4v) is 2.70.